The number of nitrogens with one attached hydrogen (secondary N) is 1. The Bertz CT molecular complexity index is 560. The van der Waals surface area contributed by atoms with Crippen LogP contribution in [0.2, 0.25) is 5.15 Å². The fourth-order valence-electron chi connectivity index (χ4n) is 1.73. The molecule has 19 heavy (non-hydrogen) atoms. The Balaban J connectivity index is 2.05. The minimum absolute atomic E-state index is 0.376. The van der Waals surface area contributed by atoms with Crippen LogP contribution in [-0.4, -0.2) is 21.8 Å². The van der Waals surface area contributed by atoms with Crippen LogP contribution in [-0.2, 0) is 0 Å². The summed E-state index contributed by atoms with van der Waals surface area (Å²) in [6, 6.07) is 9.49. The first kappa shape index (κ1) is 13.8. The van der Waals surface area contributed by atoms with Gasteiger partial charge in [-0.3, -0.25) is 0 Å². The van der Waals surface area contributed by atoms with E-state index in [9.17, 15) is 5.11 Å². The molecule has 1 unspecified atom stereocenters. The molecule has 0 fully saturated rings. The molecule has 2 N–H and O–H groups in total. The maximum atomic E-state index is 10.1. The highest BCUT2D eigenvalue weighted by atomic mass is 35.5. The van der Waals surface area contributed by atoms with Gasteiger partial charge in [0.25, 0.3) is 0 Å². The maximum absolute atomic E-state index is 10.1. The monoisotopic (exact) mass is 277 g/mol. The van der Waals surface area contributed by atoms with Gasteiger partial charge in [-0.25, -0.2) is 0 Å². The van der Waals surface area contributed by atoms with Crippen molar-refractivity contribution in [1.82, 2.24) is 10.2 Å². The molecule has 5 heteroatoms. The van der Waals surface area contributed by atoms with E-state index in [2.05, 4.69) is 15.5 Å². The SMILES string of the molecule is Cc1c(Cl)nnc(NCC(O)c2ccccc2)c1C. The third kappa shape index (κ3) is 3.22. The number of nitrogens with zero attached hydrogens (tertiary/aromatic N) is 2. The van der Waals surface area contributed by atoms with E-state index in [-0.39, 0.29) is 0 Å². The average Bonchev–Trinajstić information content (AvgIpc) is 2.45. The Hall–Kier alpha value is -1.65. The van der Waals surface area contributed by atoms with Crippen molar-refractivity contribution in [1.29, 1.82) is 0 Å². The first-order chi connectivity index (χ1) is 9.09. The molecule has 1 atom stereocenters. The van der Waals surface area contributed by atoms with Crippen LogP contribution in [0.4, 0.5) is 5.82 Å². The van der Waals surface area contributed by atoms with Crippen LogP contribution in [0, 0.1) is 13.8 Å². The zero-order chi connectivity index (χ0) is 13.8. The van der Waals surface area contributed by atoms with Crippen LogP contribution < -0.4 is 5.32 Å². The third-order valence-electron chi connectivity index (χ3n) is 3.11. The fourth-order valence-corrected chi connectivity index (χ4v) is 1.91. The zero-order valence-electron chi connectivity index (χ0n) is 10.9. The molecule has 0 spiro atoms. The number of halogens is 1. The number of aliphatic hydroxyl groups is 1. The van der Waals surface area contributed by atoms with Gasteiger partial charge in [0.1, 0.15) is 0 Å². The molecule has 1 aromatic carbocycles. The van der Waals surface area contributed by atoms with Crippen molar-refractivity contribution >= 4 is 17.4 Å². The summed E-state index contributed by atoms with van der Waals surface area (Å²) in [5.41, 5.74) is 2.71. The van der Waals surface area contributed by atoms with Crippen molar-refractivity contribution in [3.8, 4) is 0 Å². The first-order valence-corrected chi connectivity index (χ1v) is 6.43. The third-order valence-corrected chi connectivity index (χ3v) is 3.47. The van der Waals surface area contributed by atoms with Gasteiger partial charge in [0, 0.05) is 6.54 Å². The first-order valence-electron chi connectivity index (χ1n) is 6.06. The molecule has 0 bridgehead atoms. The van der Waals surface area contributed by atoms with Gasteiger partial charge in [-0.05, 0) is 30.5 Å². The number of aliphatic hydroxyl groups excluding tert-OH is 1. The van der Waals surface area contributed by atoms with Crippen LogP contribution in [0.25, 0.3) is 0 Å². The summed E-state index contributed by atoms with van der Waals surface area (Å²) in [4.78, 5) is 0. The van der Waals surface area contributed by atoms with Crippen LogP contribution in [0.3, 0.4) is 0 Å². The van der Waals surface area contributed by atoms with Crippen LogP contribution in [0.5, 0.6) is 0 Å². The second-order valence-electron chi connectivity index (χ2n) is 4.40. The predicted octanol–water partition coefficient (Wildman–Crippen LogP) is 2.89. The predicted molar refractivity (Wildman–Crippen MR) is 76.4 cm³/mol. The fraction of sp³-hybridized carbons (Fsp3) is 0.286. The lowest BCUT2D eigenvalue weighted by Crippen LogP contribution is -2.14. The van der Waals surface area contributed by atoms with Gasteiger partial charge in [0.2, 0.25) is 0 Å². The van der Waals surface area contributed by atoms with Gasteiger partial charge in [-0.1, -0.05) is 41.9 Å². The normalized spacial score (nSPS) is 12.2. The van der Waals surface area contributed by atoms with Crippen LogP contribution in [0.1, 0.15) is 22.8 Å². The minimum Gasteiger partial charge on any atom is -0.387 e. The summed E-state index contributed by atoms with van der Waals surface area (Å²) in [6.07, 6.45) is -0.585. The Kier molecular flexibility index (Phi) is 4.35. The zero-order valence-corrected chi connectivity index (χ0v) is 11.6. The lowest BCUT2D eigenvalue weighted by Gasteiger charge is -2.14. The lowest BCUT2D eigenvalue weighted by atomic mass is 10.1. The van der Waals surface area contributed by atoms with Crippen molar-refractivity contribution in [2.24, 2.45) is 0 Å². The van der Waals surface area contributed by atoms with Crippen molar-refractivity contribution < 1.29 is 5.11 Å². The van der Waals surface area contributed by atoms with Gasteiger partial charge in [0.15, 0.2) is 11.0 Å². The highest BCUT2D eigenvalue weighted by Gasteiger charge is 2.11. The van der Waals surface area contributed by atoms with E-state index >= 15 is 0 Å². The van der Waals surface area contributed by atoms with E-state index in [0.717, 1.165) is 16.7 Å². The van der Waals surface area contributed by atoms with Crippen LogP contribution in [0.15, 0.2) is 30.3 Å². The van der Waals surface area contributed by atoms with E-state index < -0.39 is 6.10 Å². The molecule has 100 valence electrons. The molecule has 2 rings (SSSR count). The van der Waals surface area contributed by atoms with E-state index in [1.165, 1.54) is 0 Å². The smallest absolute Gasteiger partial charge is 0.155 e. The van der Waals surface area contributed by atoms with Crippen molar-refractivity contribution in [2.75, 3.05) is 11.9 Å². The molecular formula is C14H16ClN3O. The molecule has 0 amide bonds. The molecule has 2 aromatic rings. The molecule has 0 saturated heterocycles. The number of rotatable bonds is 4. The second-order valence-corrected chi connectivity index (χ2v) is 4.75. The summed E-state index contributed by atoms with van der Waals surface area (Å²) in [5, 5.41) is 21.4. The van der Waals surface area contributed by atoms with Gasteiger partial charge >= 0.3 is 0 Å². The molecule has 0 radical (unpaired) electrons. The van der Waals surface area contributed by atoms with E-state index in [4.69, 9.17) is 11.6 Å². The average molecular weight is 278 g/mol. The molecule has 4 nitrogen and oxygen atoms in total. The topological polar surface area (TPSA) is 58.0 Å². The second kappa shape index (κ2) is 5.99. The Labute approximate surface area is 117 Å². The Morgan fingerprint density at radius 2 is 1.84 bits per heavy atom. The molecule has 0 aliphatic rings. The molecule has 0 aliphatic carbocycles. The summed E-state index contributed by atoms with van der Waals surface area (Å²) in [6.45, 7) is 4.19. The van der Waals surface area contributed by atoms with Crippen molar-refractivity contribution in [2.45, 2.75) is 20.0 Å². The highest BCUT2D eigenvalue weighted by molar-refractivity contribution is 6.30. The number of anilines is 1. The molecule has 1 heterocycles. The van der Waals surface area contributed by atoms with Gasteiger partial charge in [-0.2, -0.15) is 0 Å². The number of benzene rings is 1. The van der Waals surface area contributed by atoms with Gasteiger partial charge < -0.3 is 10.4 Å². The summed E-state index contributed by atoms with van der Waals surface area (Å²) < 4.78 is 0. The molecule has 0 saturated carbocycles. The van der Waals surface area contributed by atoms with Gasteiger partial charge in [-0.15, -0.1) is 10.2 Å². The van der Waals surface area contributed by atoms with E-state index in [0.29, 0.717) is 17.5 Å². The largest absolute Gasteiger partial charge is 0.387 e. The van der Waals surface area contributed by atoms with Crippen molar-refractivity contribution in [3.63, 3.8) is 0 Å². The number of hydrogen-bond donors (Lipinski definition) is 2. The van der Waals surface area contributed by atoms with Crippen LogP contribution >= 0.6 is 11.6 Å². The Morgan fingerprint density at radius 3 is 2.53 bits per heavy atom. The standard InChI is InChI=1S/C14H16ClN3O/c1-9-10(2)14(18-17-13(9)15)16-8-12(19)11-6-4-3-5-7-11/h3-7,12,19H,8H2,1-2H3,(H,16,18). The summed E-state index contributed by atoms with van der Waals surface area (Å²) >= 11 is 5.89. The Morgan fingerprint density at radius 1 is 1.16 bits per heavy atom. The number of aromatic nitrogens is 2. The summed E-state index contributed by atoms with van der Waals surface area (Å²) in [5.74, 6) is 0.650. The molecule has 0 aliphatic heterocycles. The maximum Gasteiger partial charge on any atom is 0.155 e. The molecular weight excluding hydrogens is 262 g/mol. The van der Waals surface area contributed by atoms with Crippen molar-refractivity contribution in [3.05, 3.63) is 52.2 Å². The molecule has 1 aromatic heterocycles. The lowest BCUT2D eigenvalue weighted by molar-refractivity contribution is 0.191. The summed E-state index contributed by atoms with van der Waals surface area (Å²) in [7, 11) is 0. The highest BCUT2D eigenvalue weighted by Crippen LogP contribution is 2.21. The van der Waals surface area contributed by atoms with E-state index in [1.54, 1.807) is 0 Å². The van der Waals surface area contributed by atoms with Gasteiger partial charge in [0.05, 0.1) is 6.10 Å². The minimum atomic E-state index is -0.585. The number of hydrogen-bond acceptors (Lipinski definition) is 4. The quantitative estimate of drug-likeness (QED) is 0.902. The van der Waals surface area contributed by atoms with E-state index in [1.807, 2.05) is 44.2 Å².